The number of nitrogens with zero attached hydrogens (tertiary/aromatic N) is 1. The Bertz CT molecular complexity index is 729. The van der Waals surface area contributed by atoms with Gasteiger partial charge in [0.15, 0.2) is 0 Å². The van der Waals surface area contributed by atoms with Crippen molar-refractivity contribution in [1.29, 1.82) is 0 Å². The lowest BCUT2D eigenvalue weighted by atomic mass is 10.3. The van der Waals surface area contributed by atoms with Crippen LogP contribution in [0.2, 0.25) is 0 Å². The second kappa shape index (κ2) is 6.87. The molecule has 0 saturated carbocycles. The number of likely N-dealkylation sites (N-methyl/N-ethyl adjacent to an activating group) is 1. The molecule has 2 N–H and O–H groups in total. The highest BCUT2D eigenvalue weighted by molar-refractivity contribution is 9.10. The predicted octanol–water partition coefficient (Wildman–Crippen LogP) is 2.78. The summed E-state index contributed by atoms with van der Waals surface area (Å²) in [6.07, 6.45) is 2.38. The molecule has 0 bridgehead atoms. The van der Waals surface area contributed by atoms with Crippen LogP contribution in [0.5, 0.6) is 0 Å². The lowest BCUT2D eigenvalue weighted by Gasteiger charge is -2.08. The monoisotopic (exact) mass is 389 g/mol. The molecule has 114 valence electrons. The zero-order valence-electron chi connectivity index (χ0n) is 11.7. The first-order chi connectivity index (χ1) is 9.92. The van der Waals surface area contributed by atoms with Crippen molar-refractivity contribution in [3.8, 4) is 0 Å². The SMILES string of the molecule is CNCCc1ccc(S(=O)(=O)Nc2ncc(Br)cc2C)s1. The highest BCUT2D eigenvalue weighted by Gasteiger charge is 2.18. The lowest BCUT2D eigenvalue weighted by molar-refractivity contribution is 0.603. The topological polar surface area (TPSA) is 71.1 Å². The van der Waals surface area contributed by atoms with E-state index in [1.807, 2.05) is 26.1 Å². The molecule has 21 heavy (non-hydrogen) atoms. The predicted molar refractivity (Wildman–Crippen MR) is 89.4 cm³/mol. The standard InChI is InChI=1S/C13H16BrN3O2S2/c1-9-7-10(14)8-16-13(9)17-21(18,19)12-4-3-11(20-12)5-6-15-2/h3-4,7-8,15H,5-6H2,1-2H3,(H,16,17). The Morgan fingerprint density at radius 1 is 1.38 bits per heavy atom. The van der Waals surface area contributed by atoms with E-state index in [0.29, 0.717) is 10.0 Å². The molecule has 0 aromatic carbocycles. The molecule has 5 nitrogen and oxygen atoms in total. The quantitative estimate of drug-likeness (QED) is 0.796. The van der Waals surface area contributed by atoms with E-state index in [1.165, 1.54) is 11.3 Å². The number of anilines is 1. The van der Waals surface area contributed by atoms with Crippen molar-refractivity contribution in [1.82, 2.24) is 10.3 Å². The van der Waals surface area contributed by atoms with Gasteiger partial charge in [-0.1, -0.05) is 0 Å². The van der Waals surface area contributed by atoms with E-state index in [9.17, 15) is 8.42 Å². The van der Waals surface area contributed by atoms with Crippen molar-refractivity contribution in [2.45, 2.75) is 17.6 Å². The maximum Gasteiger partial charge on any atom is 0.272 e. The zero-order valence-corrected chi connectivity index (χ0v) is 14.9. The molecule has 2 aromatic rings. The Labute approximate surface area is 137 Å². The van der Waals surface area contributed by atoms with E-state index in [0.717, 1.165) is 27.9 Å². The van der Waals surface area contributed by atoms with E-state index in [-0.39, 0.29) is 0 Å². The van der Waals surface area contributed by atoms with Gasteiger partial charge in [0.25, 0.3) is 10.0 Å². The molecule has 2 rings (SSSR count). The van der Waals surface area contributed by atoms with Gasteiger partial charge in [0, 0.05) is 15.5 Å². The van der Waals surface area contributed by atoms with Gasteiger partial charge in [0.1, 0.15) is 10.0 Å². The number of halogens is 1. The number of hydrogen-bond donors (Lipinski definition) is 2. The number of rotatable bonds is 6. The number of nitrogens with one attached hydrogen (secondary N) is 2. The van der Waals surface area contributed by atoms with Crippen molar-refractivity contribution in [3.05, 3.63) is 39.3 Å². The van der Waals surface area contributed by atoms with Crippen LogP contribution in [0, 0.1) is 6.92 Å². The average Bonchev–Trinajstić information content (AvgIpc) is 2.89. The number of hydrogen-bond acceptors (Lipinski definition) is 5. The third-order valence-corrected chi connectivity index (χ3v) is 6.21. The lowest BCUT2D eigenvalue weighted by Crippen LogP contribution is -2.13. The second-order valence-electron chi connectivity index (χ2n) is 4.50. The summed E-state index contributed by atoms with van der Waals surface area (Å²) in [5.41, 5.74) is 0.764. The van der Waals surface area contributed by atoms with Crippen LogP contribution in [0.3, 0.4) is 0 Å². The molecule has 0 radical (unpaired) electrons. The van der Waals surface area contributed by atoms with Crippen LogP contribution < -0.4 is 10.0 Å². The van der Waals surface area contributed by atoms with Gasteiger partial charge in [-0.05, 0) is 66.6 Å². The third-order valence-electron chi connectivity index (χ3n) is 2.80. The Morgan fingerprint density at radius 3 is 2.81 bits per heavy atom. The molecule has 0 saturated heterocycles. The van der Waals surface area contributed by atoms with Gasteiger partial charge in [0.2, 0.25) is 0 Å². The summed E-state index contributed by atoms with van der Waals surface area (Å²) < 4.78 is 28.4. The van der Waals surface area contributed by atoms with Crippen molar-refractivity contribution in [3.63, 3.8) is 0 Å². The zero-order chi connectivity index (χ0) is 15.5. The smallest absolute Gasteiger partial charge is 0.272 e. The molecular weight excluding hydrogens is 374 g/mol. The van der Waals surface area contributed by atoms with Crippen LogP contribution in [0.4, 0.5) is 5.82 Å². The van der Waals surface area contributed by atoms with E-state index in [2.05, 4.69) is 31.0 Å². The highest BCUT2D eigenvalue weighted by atomic mass is 79.9. The van der Waals surface area contributed by atoms with Crippen LogP contribution in [0.25, 0.3) is 0 Å². The molecule has 0 aliphatic rings. The van der Waals surface area contributed by atoms with E-state index in [4.69, 9.17) is 0 Å². The van der Waals surface area contributed by atoms with Crippen LogP contribution in [0.1, 0.15) is 10.4 Å². The van der Waals surface area contributed by atoms with Crippen LogP contribution in [-0.4, -0.2) is 27.0 Å². The summed E-state index contributed by atoms with van der Waals surface area (Å²) in [5.74, 6) is 0.350. The molecule has 0 atom stereocenters. The van der Waals surface area contributed by atoms with Gasteiger partial charge in [-0.15, -0.1) is 11.3 Å². The minimum Gasteiger partial charge on any atom is -0.319 e. The van der Waals surface area contributed by atoms with E-state index < -0.39 is 10.0 Å². The average molecular weight is 390 g/mol. The summed E-state index contributed by atoms with van der Waals surface area (Å²) in [4.78, 5) is 5.13. The number of aromatic nitrogens is 1. The first kappa shape index (κ1) is 16.4. The Balaban J connectivity index is 2.19. The summed E-state index contributed by atoms with van der Waals surface area (Å²) >= 11 is 4.59. The van der Waals surface area contributed by atoms with Crippen molar-refractivity contribution in [2.75, 3.05) is 18.3 Å². The largest absolute Gasteiger partial charge is 0.319 e. The molecule has 2 heterocycles. The van der Waals surface area contributed by atoms with Crippen molar-refractivity contribution >= 4 is 43.1 Å². The number of sulfonamides is 1. The molecule has 0 amide bonds. The summed E-state index contributed by atoms with van der Waals surface area (Å²) in [5, 5.41) is 3.04. The number of thiophene rings is 1. The molecule has 0 unspecified atom stereocenters. The van der Waals surface area contributed by atoms with Crippen LogP contribution in [0.15, 0.2) is 33.1 Å². The fourth-order valence-electron chi connectivity index (χ4n) is 1.71. The van der Waals surface area contributed by atoms with Crippen molar-refractivity contribution in [2.24, 2.45) is 0 Å². The third kappa shape index (κ3) is 4.26. The van der Waals surface area contributed by atoms with Gasteiger partial charge < -0.3 is 5.32 Å². The van der Waals surface area contributed by atoms with Gasteiger partial charge >= 0.3 is 0 Å². The van der Waals surface area contributed by atoms with E-state index >= 15 is 0 Å². The Hall–Kier alpha value is -0.960. The first-order valence-electron chi connectivity index (χ1n) is 6.30. The summed E-state index contributed by atoms with van der Waals surface area (Å²) in [6.45, 7) is 2.63. The molecule has 8 heteroatoms. The van der Waals surface area contributed by atoms with E-state index in [1.54, 1.807) is 12.3 Å². The maximum atomic E-state index is 12.4. The molecule has 0 aliphatic carbocycles. The molecule has 0 fully saturated rings. The molecule has 0 aliphatic heterocycles. The fraction of sp³-hybridized carbons (Fsp3) is 0.308. The molecule has 2 aromatic heterocycles. The Kier molecular flexibility index (Phi) is 5.37. The fourth-order valence-corrected chi connectivity index (χ4v) is 4.59. The van der Waals surface area contributed by atoms with Crippen LogP contribution >= 0.6 is 27.3 Å². The van der Waals surface area contributed by atoms with Gasteiger partial charge in [-0.3, -0.25) is 4.72 Å². The van der Waals surface area contributed by atoms with Crippen molar-refractivity contribution < 1.29 is 8.42 Å². The number of pyridine rings is 1. The first-order valence-corrected chi connectivity index (χ1v) is 9.40. The number of aryl methyl sites for hydroxylation is 1. The molecule has 0 spiro atoms. The summed E-state index contributed by atoms with van der Waals surface area (Å²) in [7, 11) is -1.71. The van der Waals surface area contributed by atoms with Gasteiger partial charge in [-0.2, -0.15) is 0 Å². The summed E-state index contributed by atoms with van der Waals surface area (Å²) in [6, 6.07) is 5.29. The maximum absolute atomic E-state index is 12.4. The highest BCUT2D eigenvalue weighted by Crippen LogP contribution is 2.25. The van der Waals surface area contributed by atoms with Crippen LogP contribution in [-0.2, 0) is 16.4 Å². The molecular formula is C13H16BrN3O2S2. The normalized spacial score (nSPS) is 11.6. The minimum atomic E-state index is -3.58. The van der Waals surface area contributed by atoms with Gasteiger partial charge in [0.05, 0.1) is 0 Å². The van der Waals surface area contributed by atoms with Gasteiger partial charge in [-0.25, -0.2) is 13.4 Å². The Morgan fingerprint density at radius 2 is 2.14 bits per heavy atom. The second-order valence-corrected chi connectivity index (χ2v) is 8.49. The minimum absolute atomic E-state index is 0.303.